The van der Waals surface area contributed by atoms with Crippen molar-refractivity contribution in [3.05, 3.63) is 23.8 Å². The van der Waals surface area contributed by atoms with E-state index in [-0.39, 0.29) is 17.5 Å². The minimum Gasteiger partial charge on any atom is -0.508 e. The maximum atomic E-state index is 9.63. The molecule has 0 saturated carbocycles. The van der Waals surface area contributed by atoms with Gasteiger partial charge in [0.05, 0.1) is 0 Å². The van der Waals surface area contributed by atoms with Crippen molar-refractivity contribution in [1.82, 2.24) is 5.32 Å². The van der Waals surface area contributed by atoms with Gasteiger partial charge in [-0.2, -0.15) is 0 Å². The molecule has 1 unspecified atom stereocenters. The number of benzene rings is 1. The molecule has 90 valence electrons. The van der Waals surface area contributed by atoms with E-state index in [1.807, 2.05) is 6.92 Å². The molecule has 0 aliphatic carbocycles. The Hall–Kier alpha value is -1.26. The number of nitrogens with one attached hydrogen (secondary N) is 1. The summed E-state index contributed by atoms with van der Waals surface area (Å²) in [5.41, 5.74) is 0.706. The van der Waals surface area contributed by atoms with Crippen LogP contribution in [-0.4, -0.2) is 30.5 Å². The van der Waals surface area contributed by atoms with Crippen molar-refractivity contribution >= 4 is 0 Å². The Morgan fingerprint density at radius 1 is 1.38 bits per heavy atom. The van der Waals surface area contributed by atoms with Gasteiger partial charge in [-0.05, 0) is 38.1 Å². The highest BCUT2D eigenvalue weighted by Crippen LogP contribution is 2.27. The number of hydrogen-bond donors (Lipinski definition) is 3. The molecule has 0 saturated heterocycles. The highest BCUT2D eigenvalue weighted by Gasteiger charge is 2.10. The zero-order valence-corrected chi connectivity index (χ0v) is 9.73. The fourth-order valence-electron chi connectivity index (χ4n) is 1.53. The molecule has 4 nitrogen and oxygen atoms in total. The van der Waals surface area contributed by atoms with E-state index in [1.54, 1.807) is 13.2 Å². The van der Waals surface area contributed by atoms with Gasteiger partial charge in [-0.25, -0.2) is 0 Å². The van der Waals surface area contributed by atoms with Crippen LogP contribution < -0.4 is 5.32 Å². The number of methoxy groups -OCH3 is 1. The Labute approximate surface area is 95.9 Å². The Morgan fingerprint density at radius 2 is 2.12 bits per heavy atom. The Morgan fingerprint density at radius 3 is 2.81 bits per heavy atom. The molecule has 16 heavy (non-hydrogen) atoms. The summed E-state index contributed by atoms with van der Waals surface area (Å²) < 4.78 is 4.94. The molecule has 1 aromatic rings. The normalized spacial score (nSPS) is 12.6. The Kier molecular flexibility index (Phi) is 5.08. The summed E-state index contributed by atoms with van der Waals surface area (Å²) in [6, 6.07) is 4.54. The van der Waals surface area contributed by atoms with Gasteiger partial charge in [0, 0.05) is 25.3 Å². The lowest BCUT2D eigenvalue weighted by atomic mass is 10.1. The van der Waals surface area contributed by atoms with E-state index >= 15 is 0 Å². The van der Waals surface area contributed by atoms with E-state index in [0.717, 1.165) is 13.0 Å². The van der Waals surface area contributed by atoms with Crippen LogP contribution in [0.4, 0.5) is 0 Å². The average molecular weight is 225 g/mol. The van der Waals surface area contributed by atoms with Gasteiger partial charge in [0.25, 0.3) is 0 Å². The second-order valence-corrected chi connectivity index (χ2v) is 3.77. The van der Waals surface area contributed by atoms with E-state index in [2.05, 4.69) is 5.32 Å². The van der Waals surface area contributed by atoms with Crippen LogP contribution in [0.2, 0.25) is 0 Å². The molecule has 4 heteroatoms. The van der Waals surface area contributed by atoms with Gasteiger partial charge in [-0.3, -0.25) is 0 Å². The lowest BCUT2D eigenvalue weighted by Gasteiger charge is -2.15. The van der Waals surface area contributed by atoms with E-state index in [1.165, 1.54) is 12.1 Å². The van der Waals surface area contributed by atoms with Crippen LogP contribution in [0.25, 0.3) is 0 Å². The van der Waals surface area contributed by atoms with Crippen LogP contribution >= 0.6 is 0 Å². The van der Waals surface area contributed by atoms with E-state index in [0.29, 0.717) is 12.2 Å². The van der Waals surface area contributed by atoms with Gasteiger partial charge in [0.2, 0.25) is 0 Å². The molecule has 0 aromatic heterocycles. The van der Waals surface area contributed by atoms with Gasteiger partial charge in [-0.15, -0.1) is 0 Å². The second-order valence-electron chi connectivity index (χ2n) is 3.77. The first-order valence-corrected chi connectivity index (χ1v) is 5.39. The van der Waals surface area contributed by atoms with E-state index < -0.39 is 0 Å². The van der Waals surface area contributed by atoms with Crippen LogP contribution in [0.1, 0.15) is 24.9 Å². The van der Waals surface area contributed by atoms with Crippen LogP contribution in [0.3, 0.4) is 0 Å². The molecular formula is C12H19NO3. The first-order chi connectivity index (χ1) is 7.65. The SMILES string of the molecule is COCCCNC(C)c1cc(O)ccc1O. The van der Waals surface area contributed by atoms with Gasteiger partial charge >= 0.3 is 0 Å². The summed E-state index contributed by atoms with van der Waals surface area (Å²) in [5, 5.41) is 22.2. The monoisotopic (exact) mass is 225 g/mol. The van der Waals surface area contributed by atoms with Crippen LogP contribution in [-0.2, 0) is 4.74 Å². The Bertz CT molecular complexity index is 328. The maximum Gasteiger partial charge on any atom is 0.120 e. The first kappa shape index (κ1) is 12.8. The van der Waals surface area contributed by atoms with E-state index in [9.17, 15) is 10.2 Å². The van der Waals surface area contributed by atoms with Crippen molar-refractivity contribution in [1.29, 1.82) is 0 Å². The molecule has 0 bridgehead atoms. The number of aromatic hydroxyl groups is 2. The molecule has 1 atom stereocenters. The molecule has 0 aliphatic heterocycles. The zero-order valence-electron chi connectivity index (χ0n) is 9.73. The summed E-state index contributed by atoms with van der Waals surface area (Å²) >= 11 is 0. The highest BCUT2D eigenvalue weighted by molar-refractivity contribution is 5.40. The van der Waals surface area contributed by atoms with Crippen molar-refractivity contribution in [2.75, 3.05) is 20.3 Å². The molecule has 0 radical (unpaired) electrons. The minimum absolute atomic E-state index is 0.00366. The van der Waals surface area contributed by atoms with Gasteiger partial charge in [-0.1, -0.05) is 0 Å². The number of hydrogen-bond acceptors (Lipinski definition) is 4. The number of ether oxygens (including phenoxy) is 1. The summed E-state index contributed by atoms with van der Waals surface area (Å²) in [7, 11) is 1.67. The molecule has 0 heterocycles. The fraction of sp³-hybridized carbons (Fsp3) is 0.500. The third kappa shape index (κ3) is 3.72. The number of phenolic OH excluding ortho intramolecular Hbond substituents is 2. The third-order valence-electron chi connectivity index (χ3n) is 2.45. The lowest BCUT2D eigenvalue weighted by Crippen LogP contribution is -2.20. The predicted octanol–water partition coefficient (Wildman–Crippen LogP) is 1.78. The highest BCUT2D eigenvalue weighted by atomic mass is 16.5. The largest absolute Gasteiger partial charge is 0.508 e. The molecular weight excluding hydrogens is 206 g/mol. The van der Waals surface area contributed by atoms with Crippen LogP contribution in [0.5, 0.6) is 11.5 Å². The standard InChI is InChI=1S/C12H19NO3/c1-9(13-6-3-7-16-2)11-8-10(14)4-5-12(11)15/h4-5,8-9,13-15H,3,6-7H2,1-2H3. The van der Waals surface area contributed by atoms with Crippen LogP contribution in [0, 0.1) is 0 Å². The second kappa shape index (κ2) is 6.35. The van der Waals surface area contributed by atoms with Crippen molar-refractivity contribution in [3.8, 4) is 11.5 Å². The van der Waals surface area contributed by atoms with Crippen molar-refractivity contribution in [2.45, 2.75) is 19.4 Å². The summed E-state index contributed by atoms with van der Waals surface area (Å²) in [6.07, 6.45) is 0.917. The topological polar surface area (TPSA) is 61.7 Å². The lowest BCUT2D eigenvalue weighted by molar-refractivity contribution is 0.193. The minimum atomic E-state index is 0.00366. The van der Waals surface area contributed by atoms with E-state index in [4.69, 9.17) is 4.74 Å². The summed E-state index contributed by atoms with van der Waals surface area (Å²) in [4.78, 5) is 0. The molecule has 1 aromatic carbocycles. The fourth-order valence-corrected chi connectivity index (χ4v) is 1.53. The van der Waals surface area contributed by atoms with Crippen molar-refractivity contribution < 1.29 is 14.9 Å². The van der Waals surface area contributed by atoms with Gasteiger partial charge in [0.1, 0.15) is 11.5 Å². The van der Waals surface area contributed by atoms with Gasteiger partial charge in [0.15, 0.2) is 0 Å². The Balaban J connectivity index is 2.51. The molecule has 0 spiro atoms. The number of rotatable bonds is 6. The van der Waals surface area contributed by atoms with Crippen molar-refractivity contribution in [3.63, 3.8) is 0 Å². The molecule has 1 rings (SSSR count). The molecule has 3 N–H and O–H groups in total. The average Bonchev–Trinajstić information content (AvgIpc) is 2.27. The van der Waals surface area contributed by atoms with Gasteiger partial charge < -0.3 is 20.3 Å². The summed E-state index contributed by atoms with van der Waals surface area (Å²) in [5.74, 6) is 0.364. The number of phenols is 2. The zero-order chi connectivity index (χ0) is 12.0. The van der Waals surface area contributed by atoms with Crippen molar-refractivity contribution in [2.24, 2.45) is 0 Å². The quantitative estimate of drug-likeness (QED) is 0.510. The molecule has 0 fully saturated rings. The first-order valence-electron chi connectivity index (χ1n) is 5.39. The van der Waals surface area contributed by atoms with Crippen LogP contribution in [0.15, 0.2) is 18.2 Å². The third-order valence-corrected chi connectivity index (χ3v) is 2.45. The summed E-state index contributed by atoms with van der Waals surface area (Å²) in [6.45, 7) is 3.47. The maximum absolute atomic E-state index is 9.63. The molecule has 0 amide bonds. The predicted molar refractivity (Wildman–Crippen MR) is 62.7 cm³/mol. The molecule has 0 aliphatic rings. The smallest absolute Gasteiger partial charge is 0.120 e.